The molecule has 0 aromatic rings. The van der Waals surface area contributed by atoms with Crippen LogP contribution in [0.3, 0.4) is 0 Å². The van der Waals surface area contributed by atoms with Gasteiger partial charge in [0.15, 0.2) is 0 Å². The van der Waals surface area contributed by atoms with Crippen molar-refractivity contribution in [3.8, 4) is 0 Å². The van der Waals surface area contributed by atoms with E-state index in [1.54, 1.807) is 0 Å². The summed E-state index contributed by atoms with van der Waals surface area (Å²) in [6.45, 7) is 4.90. The lowest BCUT2D eigenvalue weighted by molar-refractivity contribution is -0.150. The van der Waals surface area contributed by atoms with Crippen molar-refractivity contribution in [1.29, 1.82) is 0 Å². The number of nitrogens with one attached hydrogen (secondary N) is 1. The number of alkyl halides is 3. The van der Waals surface area contributed by atoms with E-state index in [1.807, 2.05) is 13.8 Å². The van der Waals surface area contributed by atoms with E-state index in [-0.39, 0.29) is 5.54 Å². The molecule has 0 bridgehead atoms. The standard InChI is InChI=1S/C10H19F3N2/c1-3-9(4-2)7-15(6-5-14-9)8-10(11,12)13/h14H,3-8H2,1-2H3. The van der Waals surface area contributed by atoms with Gasteiger partial charge < -0.3 is 5.32 Å². The Balaban J connectivity index is 2.55. The molecule has 0 saturated carbocycles. The minimum Gasteiger partial charge on any atom is -0.309 e. The molecule has 0 amide bonds. The third-order valence-corrected chi connectivity index (χ3v) is 3.21. The Morgan fingerprint density at radius 2 is 1.87 bits per heavy atom. The maximum absolute atomic E-state index is 12.2. The summed E-state index contributed by atoms with van der Waals surface area (Å²) in [7, 11) is 0. The molecule has 90 valence electrons. The van der Waals surface area contributed by atoms with E-state index in [4.69, 9.17) is 0 Å². The minimum absolute atomic E-state index is 0.122. The van der Waals surface area contributed by atoms with Crippen LogP contribution >= 0.6 is 0 Å². The fourth-order valence-corrected chi connectivity index (χ4v) is 2.15. The van der Waals surface area contributed by atoms with Crippen LogP contribution in [0, 0.1) is 0 Å². The van der Waals surface area contributed by atoms with Crippen LogP contribution in [0.2, 0.25) is 0 Å². The highest BCUT2D eigenvalue weighted by Crippen LogP contribution is 2.23. The summed E-state index contributed by atoms with van der Waals surface area (Å²) < 4.78 is 36.7. The third kappa shape index (κ3) is 3.65. The first-order valence-corrected chi connectivity index (χ1v) is 5.45. The number of piperazine rings is 1. The van der Waals surface area contributed by atoms with Crippen molar-refractivity contribution in [3.05, 3.63) is 0 Å². The zero-order valence-corrected chi connectivity index (χ0v) is 9.32. The van der Waals surface area contributed by atoms with E-state index < -0.39 is 12.7 Å². The van der Waals surface area contributed by atoms with Gasteiger partial charge in [-0.15, -0.1) is 0 Å². The molecule has 0 unspecified atom stereocenters. The van der Waals surface area contributed by atoms with Crippen molar-refractivity contribution in [2.75, 3.05) is 26.2 Å². The largest absolute Gasteiger partial charge is 0.401 e. The highest BCUT2D eigenvalue weighted by molar-refractivity contribution is 4.93. The van der Waals surface area contributed by atoms with Crippen molar-refractivity contribution in [2.24, 2.45) is 0 Å². The number of hydrogen-bond acceptors (Lipinski definition) is 2. The summed E-state index contributed by atoms with van der Waals surface area (Å²) in [5.74, 6) is 0. The van der Waals surface area contributed by atoms with E-state index in [2.05, 4.69) is 5.32 Å². The van der Waals surface area contributed by atoms with Crippen molar-refractivity contribution >= 4 is 0 Å². The summed E-state index contributed by atoms with van der Waals surface area (Å²) in [6, 6.07) is 0. The Hall–Kier alpha value is -0.290. The van der Waals surface area contributed by atoms with Gasteiger partial charge in [-0.1, -0.05) is 13.8 Å². The Bertz CT molecular complexity index is 199. The molecule has 1 heterocycles. The van der Waals surface area contributed by atoms with Crippen molar-refractivity contribution < 1.29 is 13.2 Å². The van der Waals surface area contributed by atoms with Crippen LogP contribution in [0.15, 0.2) is 0 Å². The Morgan fingerprint density at radius 3 is 2.33 bits per heavy atom. The van der Waals surface area contributed by atoms with Gasteiger partial charge in [-0.05, 0) is 12.8 Å². The molecule has 1 aliphatic heterocycles. The first-order chi connectivity index (χ1) is 6.91. The van der Waals surface area contributed by atoms with Crippen molar-refractivity contribution in [2.45, 2.75) is 38.4 Å². The molecule has 1 aliphatic rings. The van der Waals surface area contributed by atoms with Gasteiger partial charge in [0.1, 0.15) is 0 Å². The molecule has 1 rings (SSSR count). The average molecular weight is 224 g/mol. The summed E-state index contributed by atoms with van der Waals surface area (Å²) in [6.07, 6.45) is -2.33. The Kier molecular flexibility index (Phi) is 4.00. The van der Waals surface area contributed by atoms with Crippen LogP contribution in [-0.4, -0.2) is 42.8 Å². The van der Waals surface area contributed by atoms with Gasteiger partial charge in [-0.2, -0.15) is 13.2 Å². The van der Waals surface area contributed by atoms with Crippen molar-refractivity contribution in [3.63, 3.8) is 0 Å². The SMILES string of the molecule is CCC1(CC)CN(CC(F)(F)F)CCN1. The molecule has 1 N–H and O–H groups in total. The molecule has 2 nitrogen and oxygen atoms in total. The Morgan fingerprint density at radius 1 is 1.27 bits per heavy atom. The second-order valence-electron chi connectivity index (χ2n) is 4.24. The van der Waals surface area contributed by atoms with Crippen LogP contribution in [0.25, 0.3) is 0 Å². The van der Waals surface area contributed by atoms with Crippen molar-refractivity contribution in [1.82, 2.24) is 10.2 Å². The molecular formula is C10H19F3N2. The second-order valence-corrected chi connectivity index (χ2v) is 4.24. The first-order valence-electron chi connectivity index (χ1n) is 5.45. The van der Waals surface area contributed by atoms with Gasteiger partial charge in [0.05, 0.1) is 6.54 Å². The molecule has 5 heteroatoms. The van der Waals surface area contributed by atoms with E-state index in [0.29, 0.717) is 19.6 Å². The fourth-order valence-electron chi connectivity index (χ4n) is 2.15. The predicted octanol–water partition coefficient (Wildman–Crippen LogP) is 2.01. The molecule has 1 saturated heterocycles. The van der Waals surface area contributed by atoms with Gasteiger partial charge in [0.2, 0.25) is 0 Å². The second kappa shape index (κ2) is 4.70. The molecule has 0 atom stereocenters. The highest BCUT2D eigenvalue weighted by atomic mass is 19.4. The Labute approximate surface area is 88.8 Å². The van der Waals surface area contributed by atoms with Crippen LogP contribution in [-0.2, 0) is 0 Å². The van der Waals surface area contributed by atoms with E-state index in [0.717, 1.165) is 12.8 Å². The molecule has 15 heavy (non-hydrogen) atoms. The molecule has 0 radical (unpaired) electrons. The fraction of sp³-hybridized carbons (Fsp3) is 1.00. The zero-order valence-electron chi connectivity index (χ0n) is 9.32. The number of nitrogens with zero attached hydrogens (tertiary/aromatic N) is 1. The molecule has 0 spiro atoms. The maximum atomic E-state index is 12.2. The lowest BCUT2D eigenvalue weighted by atomic mass is 9.90. The predicted molar refractivity (Wildman–Crippen MR) is 53.8 cm³/mol. The van der Waals surface area contributed by atoms with Gasteiger partial charge >= 0.3 is 6.18 Å². The van der Waals surface area contributed by atoms with E-state index in [1.165, 1.54) is 4.90 Å². The first kappa shape index (κ1) is 12.8. The van der Waals surface area contributed by atoms with Gasteiger partial charge in [-0.25, -0.2) is 0 Å². The molecule has 1 fully saturated rings. The van der Waals surface area contributed by atoms with E-state index >= 15 is 0 Å². The topological polar surface area (TPSA) is 15.3 Å². The molecule has 0 aliphatic carbocycles. The lowest BCUT2D eigenvalue weighted by Gasteiger charge is -2.43. The van der Waals surface area contributed by atoms with Crippen LogP contribution in [0.4, 0.5) is 13.2 Å². The normalized spacial score (nSPS) is 23.0. The van der Waals surface area contributed by atoms with Crippen LogP contribution in [0.1, 0.15) is 26.7 Å². The highest BCUT2D eigenvalue weighted by Gasteiger charge is 2.37. The minimum atomic E-state index is -4.08. The van der Waals surface area contributed by atoms with Crippen LogP contribution in [0.5, 0.6) is 0 Å². The van der Waals surface area contributed by atoms with Crippen LogP contribution < -0.4 is 5.32 Å². The smallest absolute Gasteiger partial charge is 0.309 e. The monoisotopic (exact) mass is 224 g/mol. The summed E-state index contributed by atoms with van der Waals surface area (Å²) in [5.41, 5.74) is -0.122. The van der Waals surface area contributed by atoms with Gasteiger partial charge in [-0.3, -0.25) is 4.90 Å². The number of halogens is 3. The molecule has 0 aromatic carbocycles. The van der Waals surface area contributed by atoms with E-state index in [9.17, 15) is 13.2 Å². The van der Waals surface area contributed by atoms with Gasteiger partial charge in [0.25, 0.3) is 0 Å². The summed E-state index contributed by atoms with van der Waals surface area (Å²) >= 11 is 0. The molecular weight excluding hydrogens is 205 g/mol. The van der Waals surface area contributed by atoms with Gasteiger partial charge in [0, 0.05) is 25.2 Å². The number of hydrogen-bond donors (Lipinski definition) is 1. The zero-order chi connectivity index (χ0) is 11.5. The summed E-state index contributed by atoms with van der Waals surface area (Å²) in [5, 5.41) is 3.34. The average Bonchev–Trinajstić information content (AvgIpc) is 2.15. The maximum Gasteiger partial charge on any atom is 0.401 e. The number of rotatable bonds is 3. The summed E-state index contributed by atoms with van der Waals surface area (Å²) in [4.78, 5) is 1.50. The third-order valence-electron chi connectivity index (χ3n) is 3.21. The quantitative estimate of drug-likeness (QED) is 0.789. The molecule has 0 aromatic heterocycles. The lowest BCUT2D eigenvalue weighted by Crippen LogP contribution is -2.61.